The standard InChI is InChI=1S/C21H36N4O2/c1-18-5-7-20(8-6-18)27-16-13-24(3)21(22-2)23-17-19-9-11-25(12-10-19)14-15-26-4/h5-8,19H,9-17H2,1-4H3,(H,22,23). The van der Waals surface area contributed by atoms with Crippen molar-refractivity contribution in [1.29, 1.82) is 0 Å². The van der Waals surface area contributed by atoms with Crippen LogP contribution in [0.1, 0.15) is 18.4 Å². The molecule has 6 heteroatoms. The molecule has 2 rings (SSSR count). The van der Waals surface area contributed by atoms with Gasteiger partial charge in [0.25, 0.3) is 0 Å². The second kappa shape index (κ2) is 11.8. The van der Waals surface area contributed by atoms with Crippen molar-refractivity contribution in [2.24, 2.45) is 10.9 Å². The Bertz CT molecular complexity index is 554. The normalized spacial score (nSPS) is 16.4. The molecule has 1 fully saturated rings. The van der Waals surface area contributed by atoms with Crippen LogP contribution >= 0.6 is 0 Å². The Labute approximate surface area is 164 Å². The molecular formula is C21H36N4O2. The van der Waals surface area contributed by atoms with Crippen molar-refractivity contribution in [3.8, 4) is 5.75 Å². The monoisotopic (exact) mass is 376 g/mol. The Morgan fingerprint density at radius 3 is 2.56 bits per heavy atom. The fourth-order valence-electron chi connectivity index (χ4n) is 3.30. The highest BCUT2D eigenvalue weighted by Gasteiger charge is 2.19. The lowest BCUT2D eigenvalue weighted by Gasteiger charge is -2.32. The van der Waals surface area contributed by atoms with Gasteiger partial charge in [0.15, 0.2) is 5.96 Å². The Balaban J connectivity index is 1.65. The first-order valence-corrected chi connectivity index (χ1v) is 9.95. The zero-order valence-electron chi connectivity index (χ0n) is 17.4. The summed E-state index contributed by atoms with van der Waals surface area (Å²) in [6.45, 7) is 8.68. The van der Waals surface area contributed by atoms with E-state index in [4.69, 9.17) is 9.47 Å². The summed E-state index contributed by atoms with van der Waals surface area (Å²) in [5.74, 6) is 2.55. The second-order valence-corrected chi connectivity index (χ2v) is 7.29. The van der Waals surface area contributed by atoms with Gasteiger partial charge in [-0.05, 0) is 50.9 Å². The summed E-state index contributed by atoms with van der Waals surface area (Å²) in [4.78, 5) is 9.03. The molecule has 0 unspecified atom stereocenters. The lowest BCUT2D eigenvalue weighted by molar-refractivity contribution is 0.120. The quantitative estimate of drug-likeness (QED) is 0.529. The molecule has 0 aromatic heterocycles. The summed E-state index contributed by atoms with van der Waals surface area (Å²) in [6, 6.07) is 8.17. The summed E-state index contributed by atoms with van der Waals surface area (Å²) in [5, 5.41) is 3.53. The van der Waals surface area contributed by atoms with Crippen LogP contribution in [-0.2, 0) is 4.74 Å². The van der Waals surface area contributed by atoms with Crippen LogP contribution in [-0.4, -0.2) is 82.9 Å². The average molecular weight is 377 g/mol. The van der Waals surface area contributed by atoms with Crippen molar-refractivity contribution >= 4 is 5.96 Å². The Morgan fingerprint density at radius 2 is 1.93 bits per heavy atom. The van der Waals surface area contributed by atoms with Gasteiger partial charge in [-0.25, -0.2) is 0 Å². The molecule has 6 nitrogen and oxygen atoms in total. The molecular weight excluding hydrogens is 340 g/mol. The van der Waals surface area contributed by atoms with Gasteiger partial charge >= 0.3 is 0 Å². The maximum Gasteiger partial charge on any atom is 0.193 e. The largest absolute Gasteiger partial charge is 0.492 e. The number of likely N-dealkylation sites (N-methyl/N-ethyl adjacent to an activating group) is 1. The van der Waals surface area contributed by atoms with Crippen molar-refractivity contribution in [3.63, 3.8) is 0 Å². The number of aryl methyl sites for hydroxylation is 1. The number of nitrogens with one attached hydrogen (secondary N) is 1. The van der Waals surface area contributed by atoms with Gasteiger partial charge in [0.05, 0.1) is 13.2 Å². The van der Waals surface area contributed by atoms with Gasteiger partial charge in [-0.15, -0.1) is 0 Å². The molecule has 0 amide bonds. The van der Waals surface area contributed by atoms with E-state index >= 15 is 0 Å². The molecule has 0 atom stereocenters. The summed E-state index contributed by atoms with van der Waals surface area (Å²) >= 11 is 0. The van der Waals surface area contributed by atoms with Crippen LogP contribution in [0.25, 0.3) is 0 Å². The first kappa shape index (κ1) is 21.5. The van der Waals surface area contributed by atoms with Gasteiger partial charge in [-0.2, -0.15) is 0 Å². The van der Waals surface area contributed by atoms with Gasteiger partial charge in [-0.3, -0.25) is 4.99 Å². The molecule has 1 aliphatic heterocycles. The number of hydrogen-bond donors (Lipinski definition) is 1. The van der Waals surface area contributed by atoms with E-state index in [9.17, 15) is 0 Å². The molecule has 1 saturated heterocycles. The van der Waals surface area contributed by atoms with E-state index in [2.05, 4.69) is 46.2 Å². The number of ether oxygens (including phenoxy) is 2. The highest BCUT2D eigenvalue weighted by molar-refractivity contribution is 5.79. The Kier molecular flexibility index (Phi) is 9.42. The van der Waals surface area contributed by atoms with Crippen LogP contribution in [0.15, 0.2) is 29.3 Å². The first-order valence-electron chi connectivity index (χ1n) is 9.95. The molecule has 1 aromatic rings. The molecule has 1 heterocycles. The molecule has 1 N–H and O–H groups in total. The lowest BCUT2D eigenvalue weighted by Crippen LogP contribution is -2.44. The minimum absolute atomic E-state index is 0.637. The van der Waals surface area contributed by atoms with Gasteiger partial charge in [0, 0.05) is 34.3 Å². The minimum atomic E-state index is 0.637. The fraction of sp³-hybridized carbons (Fsp3) is 0.667. The van der Waals surface area contributed by atoms with Gasteiger partial charge < -0.3 is 24.6 Å². The highest BCUT2D eigenvalue weighted by atomic mass is 16.5. The van der Waals surface area contributed by atoms with E-state index in [-0.39, 0.29) is 0 Å². The average Bonchev–Trinajstić information content (AvgIpc) is 2.69. The van der Waals surface area contributed by atoms with Crippen molar-refractivity contribution in [1.82, 2.24) is 15.1 Å². The van der Waals surface area contributed by atoms with E-state index in [0.717, 1.165) is 51.0 Å². The van der Waals surface area contributed by atoms with Gasteiger partial charge in [0.2, 0.25) is 0 Å². The number of rotatable bonds is 9. The summed E-state index contributed by atoms with van der Waals surface area (Å²) in [6.07, 6.45) is 2.46. The first-order chi connectivity index (χ1) is 13.1. The number of piperidine rings is 1. The minimum Gasteiger partial charge on any atom is -0.492 e. The number of benzene rings is 1. The molecule has 0 bridgehead atoms. The predicted octanol–water partition coefficient (Wildman–Crippen LogP) is 2.24. The molecule has 1 aliphatic rings. The van der Waals surface area contributed by atoms with E-state index in [1.807, 2.05) is 19.2 Å². The molecule has 0 aliphatic carbocycles. The van der Waals surface area contributed by atoms with E-state index in [1.165, 1.54) is 18.4 Å². The van der Waals surface area contributed by atoms with E-state index in [1.54, 1.807) is 7.11 Å². The topological polar surface area (TPSA) is 49.3 Å². The lowest BCUT2D eigenvalue weighted by atomic mass is 9.97. The van der Waals surface area contributed by atoms with Crippen molar-refractivity contribution in [3.05, 3.63) is 29.8 Å². The van der Waals surface area contributed by atoms with Crippen LogP contribution in [0.2, 0.25) is 0 Å². The molecule has 27 heavy (non-hydrogen) atoms. The molecule has 0 spiro atoms. The maximum absolute atomic E-state index is 5.82. The van der Waals surface area contributed by atoms with Crippen molar-refractivity contribution in [2.45, 2.75) is 19.8 Å². The van der Waals surface area contributed by atoms with Crippen LogP contribution in [0.5, 0.6) is 5.75 Å². The third-order valence-electron chi connectivity index (χ3n) is 5.16. The van der Waals surface area contributed by atoms with Crippen molar-refractivity contribution in [2.75, 3.05) is 67.1 Å². The predicted molar refractivity (Wildman–Crippen MR) is 112 cm³/mol. The van der Waals surface area contributed by atoms with Crippen LogP contribution in [0, 0.1) is 12.8 Å². The molecule has 152 valence electrons. The Morgan fingerprint density at radius 1 is 1.22 bits per heavy atom. The number of methoxy groups -OCH3 is 1. The number of hydrogen-bond acceptors (Lipinski definition) is 4. The highest BCUT2D eigenvalue weighted by Crippen LogP contribution is 2.16. The maximum atomic E-state index is 5.82. The number of guanidine groups is 1. The van der Waals surface area contributed by atoms with Crippen LogP contribution in [0.4, 0.5) is 0 Å². The molecule has 0 radical (unpaired) electrons. The van der Waals surface area contributed by atoms with Crippen LogP contribution in [0.3, 0.4) is 0 Å². The van der Waals surface area contributed by atoms with Gasteiger partial charge in [0.1, 0.15) is 12.4 Å². The van der Waals surface area contributed by atoms with Gasteiger partial charge in [-0.1, -0.05) is 17.7 Å². The SMILES string of the molecule is CN=C(NCC1CCN(CCOC)CC1)N(C)CCOc1ccc(C)cc1. The zero-order chi connectivity index (χ0) is 19.5. The number of nitrogens with zero attached hydrogens (tertiary/aromatic N) is 3. The van der Waals surface area contributed by atoms with E-state index < -0.39 is 0 Å². The summed E-state index contributed by atoms with van der Waals surface area (Å²) < 4.78 is 11.0. The zero-order valence-corrected chi connectivity index (χ0v) is 17.4. The van der Waals surface area contributed by atoms with Crippen LogP contribution < -0.4 is 10.1 Å². The Hall–Kier alpha value is -1.79. The third kappa shape index (κ3) is 7.77. The smallest absolute Gasteiger partial charge is 0.193 e. The number of aliphatic imine (C=N–C) groups is 1. The number of likely N-dealkylation sites (tertiary alicyclic amines) is 1. The summed E-state index contributed by atoms with van der Waals surface area (Å²) in [7, 11) is 5.67. The molecule has 0 saturated carbocycles. The second-order valence-electron chi connectivity index (χ2n) is 7.29. The van der Waals surface area contributed by atoms with E-state index in [0.29, 0.717) is 12.5 Å². The summed E-state index contributed by atoms with van der Waals surface area (Å²) in [5.41, 5.74) is 1.24. The van der Waals surface area contributed by atoms with Crippen molar-refractivity contribution < 1.29 is 9.47 Å². The molecule has 1 aromatic carbocycles. The fourth-order valence-corrected chi connectivity index (χ4v) is 3.30. The third-order valence-corrected chi connectivity index (χ3v) is 5.16.